The molecular weight excluding hydrogens is 287 g/mol. The van der Waals surface area contributed by atoms with Gasteiger partial charge in [0.05, 0.1) is 4.92 Å². The predicted molar refractivity (Wildman–Crippen MR) is 81.6 cm³/mol. The highest BCUT2D eigenvalue weighted by Gasteiger charge is 2.19. The van der Waals surface area contributed by atoms with Crippen LogP contribution >= 0.6 is 0 Å². The number of rotatable bonds is 5. The SMILES string of the molecule is CC(=O)c1ccc(N(C)Cc2ccc(F)cc2)c([N+](=O)[O-])c1. The summed E-state index contributed by atoms with van der Waals surface area (Å²) in [5, 5.41) is 11.2. The number of carbonyl (C=O) groups is 1. The van der Waals surface area contributed by atoms with Gasteiger partial charge in [0, 0.05) is 25.2 Å². The molecule has 22 heavy (non-hydrogen) atoms. The minimum Gasteiger partial charge on any atom is -0.365 e. The summed E-state index contributed by atoms with van der Waals surface area (Å²) in [6, 6.07) is 10.3. The molecule has 2 rings (SSSR count). The van der Waals surface area contributed by atoms with Gasteiger partial charge in [0.15, 0.2) is 5.78 Å². The number of ketones is 1. The van der Waals surface area contributed by atoms with Crippen LogP contribution in [-0.2, 0) is 6.54 Å². The second kappa shape index (κ2) is 6.34. The van der Waals surface area contributed by atoms with Crippen molar-refractivity contribution in [3.05, 3.63) is 69.5 Å². The maximum absolute atomic E-state index is 12.9. The van der Waals surface area contributed by atoms with E-state index in [0.717, 1.165) is 5.56 Å². The molecule has 0 aliphatic rings. The van der Waals surface area contributed by atoms with Crippen molar-refractivity contribution >= 4 is 17.2 Å². The number of nitro groups is 1. The van der Waals surface area contributed by atoms with Crippen molar-refractivity contribution < 1.29 is 14.1 Å². The smallest absolute Gasteiger partial charge is 0.293 e. The van der Waals surface area contributed by atoms with E-state index in [1.165, 1.54) is 25.1 Å². The van der Waals surface area contributed by atoms with Crippen molar-refractivity contribution in [1.29, 1.82) is 0 Å². The fourth-order valence-corrected chi connectivity index (χ4v) is 2.16. The molecule has 6 heteroatoms. The van der Waals surface area contributed by atoms with Crippen LogP contribution in [0.4, 0.5) is 15.8 Å². The van der Waals surface area contributed by atoms with Crippen molar-refractivity contribution in [2.45, 2.75) is 13.5 Å². The second-order valence-electron chi connectivity index (χ2n) is 5.00. The summed E-state index contributed by atoms with van der Waals surface area (Å²) in [5.41, 5.74) is 1.40. The minimum absolute atomic E-state index is 0.127. The summed E-state index contributed by atoms with van der Waals surface area (Å²) < 4.78 is 12.9. The van der Waals surface area contributed by atoms with Crippen LogP contribution in [0.1, 0.15) is 22.8 Å². The molecule has 2 aromatic carbocycles. The van der Waals surface area contributed by atoms with Gasteiger partial charge in [-0.15, -0.1) is 0 Å². The van der Waals surface area contributed by atoms with E-state index in [9.17, 15) is 19.3 Å². The van der Waals surface area contributed by atoms with E-state index in [1.807, 2.05) is 0 Å². The van der Waals surface area contributed by atoms with Crippen LogP contribution in [0.5, 0.6) is 0 Å². The lowest BCUT2D eigenvalue weighted by atomic mass is 10.1. The quantitative estimate of drug-likeness (QED) is 0.481. The fraction of sp³-hybridized carbons (Fsp3) is 0.188. The number of anilines is 1. The zero-order valence-electron chi connectivity index (χ0n) is 12.2. The average Bonchev–Trinajstić information content (AvgIpc) is 2.48. The number of benzene rings is 2. The third-order valence-corrected chi connectivity index (χ3v) is 3.32. The fourth-order valence-electron chi connectivity index (χ4n) is 2.16. The topological polar surface area (TPSA) is 63.5 Å². The predicted octanol–water partition coefficient (Wildman–Crippen LogP) is 3.57. The molecule has 114 valence electrons. The largest absolute Gasteiger partial charge is 0.365 e. The first-order valence-corrected chi connectivity index (χ1v) is 6.63. The van der Waals surface area contributed by atoms with Crippen LogP contribution in [0.25, 0.3) is 0 Å². The number of nitrogens with zero attached hydrogens (tertiary/aromatic N) is 2. The highest BCUT2D eigenvalue weighted by molar-refractivity contribution is 5.95. The summed E-state index contributed by atoms with van der Waals surface area (Å²) in [5.74, 6) is -0.556. The molecule has 0 N–H and O–H groups in total. The molecule has 0 bridgehead atoms. The normalized spacial score (nSPS) is 10.3. The van der Waals surface area contributed by atoms with Gasteiger partial charge in [-0.3, -0.25) is 14.9 Å². The van der Waals surface area contributed by atoms with Crippen molar-refractivity contribution in [1.82, 2.24) is 0 Å². The standard InChI is InChI=1S/C16H15FN2O3/c1-11(20)13-5-8-15(16(9-13)19(21)22)18(2)10-12-3-6-14(17)7-4-12/h3-9H,10H2,1-2H3. The average molecular weight is 302 g/mol. The molecule has 0 unspecified atom stereocenters. The lowest BCUT2D eigenvalue weighted by Crippen LogP contribution is -2.18. The number of carbonyl (C=O) groups excluding carboxylic acids is 1. The van der Waals surface area contributed by atoms with Crippen LogP contribution in [0.2, 0.25) is 0 Å². The molecule has 2 aromatic rings. The highest BCUT2D eigenvalue weighted by atomic mass is 19.1. The third-order valence-electron chi connectivity index (χ3n) is 3.32. The molecule has 0 aromatic heterocycles. The summed E-state index contributed by atoms with van der Waals surface area (Å²) in [7, 11) is 1.71. The lowest BCUT2D eigenvalue weighted by Gasteiger charge is -2.19. The first-order valence-electron chi connectivity index (χ1n) is 6.63. The van der Waals surface area contributed by atoms with Crippen molar-refractivity contribution in [3.63, 3.8) is 0 Å². The Labute approximate surface area is 127 Å². The first kappa shape index (κ1) is 15.6. The maximum atomic E-state index is 12.9. The van der Waals surface area contributed by atoms with E-state index in [1.54, 1.807) is 36.2 Å². The van der Waals surface area contributed by atoms with Crippen molar-refractivity contribution in [2.24, 2.45) is 0 Å². The van der Waals surface area contributed by atoms with E-state index in [0.29, 0.717) is 17.8 Å². The molecule has 0 amide bonds. The van der Waals surface area contributed by atoms with Gasteiger partial charge in [-0.1, -0.05) is 12.1 Å². The van der Waals surface area contributed by atoms with Crippen molar-refractivity contribution in [3.8, 4) is 0 Å². The van der Waals surface area contributed by atoms with Crippen molar-refractivity contribution in [2.75, 3.05) is 11.9 Å². The van der Waals surface area contributed by atoms with Gasteiger partial charge in [-0.2, -0.15) is 0 Å². The Kier molecular flexibility index (Phi) is 4.50. The third kappa shape index (κ3) is 3.46. The van der Waals surface area contributed by atoms with Gasteiger partial charge < -0.3 is 4.90 Å². The molecule has 0 atom stereocenters. The molecular formula is C16H15FN2O3. The van der Waals surface area contributed by atoms with Crippen LogP contribution < -0.4 is 4.90 Å². The number of hydrogen-bond acceptors (Lipinski definition) is 4. The zero-order valence-corrected chi connectivity index (χ0v) is 12.2. The monoisotopic (exact) mass is 302 g/mol. The summed E-state index contributed by atoms with van der Waals surface area (Å²) in [6.45, 7) is 1.75. The minimum atomic E-state index is -0.511. The Balaban J connectivity index is 2.32. The first-order chi connectivity index (χ1) is 10.4. The number of halogens is 1. The molecule has 0 aliphatic carbocycles. The van der Waals surface area contributed by atoms with Gasteiger partial charge in [0.25, 0.3) is 5.69 Å². The molecule has 0 spiro atoms. The van der Waals surface area contributed by atoms with Gasteiger partial charge in [0.2, 0.25) is 0 Å². The van der Waals surface area contributed by atoms with Gasteiger partial charge in [-0.25, -0.2) is 4.39 Å². The lowest BCUT2D eigenvalue weighted by molar-refractivity contribution is -0.384. The van der Waals surface area contributed by atoms with Crippen LogP contribution in [0, 0.1) is 15.9 Å². The Morgan fingerprint density at radius 2 is 1.86 bits per heavy atom. The van der Waals surface area contributed by atoms with E-state index in [-0.39, 0.29) is 17.3 Å². The molecule has 0 aliphatic heterocycles. The summed E-state index contributed by atoms with van der Waals surface area (Å²) in [6.07, 6.45) is 0. The Bertz CT molecular complexity index is 714. The Morgan fingerprint density at radius 3 is 2.41 bits per heavy atom. The van der Waals surface area contributed by atoms with Gasteiger partial charge >= 0.3 is 0 Å². The summed E-state index contributed by atoms with van der Waals surface area (Å²) in [4.78, 5) is 23.7. The molecule has 5 nitrogen and oxygen atoms in total. The molecule has 0 saturated heterocycles. The molecule has 0 radical (unpaired) electrons. The molecule has 0 saturated carbocycles. The van der Waals surface area contributed by atoms with E-state index < -0.39 is 4.92 Å². The van der Waals surface area contributed by atoms with E-state index in [2.05, 4.69) is 0 Å². The highest BCUT2D eigenvalue weighted by Crippen LogP contribution is 2.29. The Hall–Kier alpha value is -2.76. The van der Waals surface area contributed by atoms with Crippen LogP contribution in [0.3, 0.4) is 0 Å². The number of nitro benzene ring substituents is 1. The van der Waals surface area contributed by atoms with Gasteiger partial charge in [-0.05, 0) is 36.8 Å². The van der Waals surface area contributed by atoms with E-state index >= 15 is 0 Å². The maximum Gasteiger partial charge on any atom is 0.293 e. The zero-order chi connectivity index (χ0) is 16.3. The molecule has 0 heterocycles. The number of hydrogen-bond donors (Lipinski definition) is 0. The molecule has 0 fully saturated rings. The van der Waals surface area contributed by atoms with Crippen LogP contribution in [-0.4, -0.2) is 17.8 Å². The van der Waals surface area contributed by atoms with E-state index in [4.69, 9.17) is 0 Å². The Morgan fingerprint density at radius 1 is 1.23 bits per heavy atom. The summed E-state index contributed by atoms with van der Waals surface area (Å²) >= 11 is 0. The van der Waals surface area contributed by atoms with Gasteiger partial charge in [0.1, 0.15) is 11.5 Å². The second-order valence-corrected chi connectivity index (χ2v) is 5.00. The number of Topliss-reactive ketones (excluding diaryl/α,β-unsaturated/α-hetero) is 1. The van der Waals surface area contributed by atoms with Crippen LogP contribution in [0.15, 0.2) is 42.5 Å².